The lowest BCUT2D eigenvalue weighted by molar-refractivity contribution is -0.180. The molecule has 0 saturated heterocycles. The van der Waals surface area contributed by atoms with Crippen LogP contribution in [-0.2, 0) is 9.59 Å². The van der Waals surface area contributed by atoms with E-state index in [1.807, 2.05) is 0 Å². The number of carbonyl (C=O) groups is 2. The molecule has 2 atom stereocenters. The Balaban J connectivity index is 3.21. The molecule has 1 rings (SSSR count). The third-order valence-corrected chi connectivity index (χ3v) is 3.16. The predicted octanol–water partition coefficient (Wildman–Crippen LogP) is 0.0216. The summed E-state index contributed by atoms with van der Waals surface area (Å²) in [6.45, 7) is 0. The maximum absolute atomic E-state index is 11.0. The van der Waals surface area contributed by atoms with Crippen LogP contribution in [0, 0.1) is 0 Å². The second-order valence-electron chi connectivity index (χ2n) is 3.39. The van der Waals surface area contributed by atoms with Gasteiger partial charge >= 0.3 is 11.9 Å². The molecule has 4 N–H and O–H groups in total. The van der Waals surface area contributed by atoms with Crippen LogP contribution in [0.5, 0.6) is 0 Å². The Morgan fingerprint density at radius 3 is 2.11 bits per heavy atom. The number of aliphatic carboxylic acids is 2. The maximum atomic E-state index is 11.0. The summed E-state index contributed by atoms with van der Waals surface area (Å²) < 4.78 is 0.598. The van der Waals surface area contributed by atoms with Crippen molar-refractivity contribution in [2.24, 2.45) is 0 Å². The summed E-state index contributed by atoms with van der Waals surface area (Å²) in [5.41, 5.74) is -2.87. The van der Waals surface area contributed by atoms with E-state index < -0.39 is 23.8 Å². The highest BCUT2D eigenvalue weighted by Crippen LogP contribution is 2.29. The number of carboxylic acids is 2. The van der Waals surface area contributed by atoms with Gasteiger partial charge in [-0.15, -0.1) is 0 Å². The topological polar surface area (TPSA) is 118 Å². The molecule has 7 nitrogen and oxygen atoms in total. The zero-order valence-corrected chi connectivity index (χ0v) is 10.5. The summed E-state index contributed by atoms with van der Waals surface area (Å²) in [6, 6.07) is 7.62. The lowest BCUT2D eigenvalue weighted by Crippen LogP contribution is -2.61. The molecule has 0 amide bonds. The summed E-state index contributed by atoms with van der Waals surface area (Å²) in [6.07, 6.45) is -2.53. The highest BCUT2D eigenvalue weighted by atomic mass is 79.9. The first-order chi connectivity index (χ1) is 8.31. The van der Waals surface area contributed by atoms with Crippen molar-refractivity contribution in [1.82, 2.24) is 0 Å². The van der Waals surface area contributed by atoms with E-state index in [-0.39, 0.29) is 5.69 Å². The van der Waals surface area contributed by atoms with E-state index >= 15 is 0 Å². The molecule has 0 radical (unpaired) electrons. The Morgan fingerprint density at radius 1 is 1.22 bits per heavy atom. The van der Waals surface area contributed by atoms with Crippen molar-refractivity contribution in [3.05, 3.63) is 30.3 Å². The number of nitrogens with zero attached hydrogens (tertiary/aromatic N) is 1. The normalized spacial score (nSPS) is 15.5. The van der Waals surface area contributed by atoms with Crippen molar-refractivity contribution in [1.29, 1.82) is 0 Å². The molecule has 0 spiro atoms. The molecule has 18 heavy (non-hydrogen) atoms. The Kier molecular flexibility index (Phi) is 4.28. The highest BCUT2D eigenvalue weighted by molar-refractivity contribution is 9.10. The fourth-order valence-electron chi connectivity index (χ4n) is 1.24. The standard InChI is InChI=1S/C10H10BrNO6/c11-12(6-4-2-1-3-5-6)10(18,9(16)17)7(13)8(14)15/h1-5,7,13,18H,(H,14,15)(H,16,17). The van der Waals surface area contributed by atoms with Gasteiger partial charge in [0.25, 0.3) is 5.72 Å². The Morgan fingerprint density at radius 2 is 1.72 bits per heavy atom. The number of halogens is 1. The van der Waals surface area contributed by atoms with Crippen LogP contribution in [-0.4, -0.2) is 44.2 Å². The lowest BCUT2D eigenvalue weighted by atomic mass is 10.1. The molecule has 0 saturated carbocycles. The molecule has 1 aromatic rings. The van der Waals surface area contributed by atoms with Gasteiger partial charge in [-0.1, -0.05) is 18.2 Å². The van der Waals surface area contributed by atoms with Crippen molar-refractivity contribution in [3.8, 4) is 0 Å². The average molecular weight is 320 g/mol. The van der Waals surface area contributed by atoms with E-state index in [2.05, 4.69) is 16.1 Å². The first kappa shape index (κ1) is 14.4. The lowest BCUT2D eigenvalue weighted by Gasteiger charge is -2.34. The van der Waals surface area contributed by atoms with Crippen molar-refractivity contribution < 1.29 is 30.0 Å². The number of aliphatic hydroxyl groups is 2. The van der Waals surface area contributed by atoms with Gasteiger partial charge in [0, 0.05) is 0 Å². The second-order valence-corrected chi connectivity index (χ2v) is 4.10. The SMILES string of the molecule is O=C(O)C(O)C(O)(C(=O)O)N(Br)c1ccccc1. The minimum Gasteiger partial charge on any atom is -0.479 e. The number of anilines is 1. The third-order valence-electron chi connectivity index (χ3n) is 2.21. The van der Waals surface area contributed by atoms with Crippen molar-refractivity contribution in [3.63, 3.8) is 0 Å². The van der Waals surface area contributed by atoms with Gasteiger partial charge in [-0.25, -0.2) is 9.59 Å². The van der Waals surface area contributed by atoms with E-state index in [0.717, 1.165) is 0 Å². The predicted molar refractivity (Wildman–Crippen MR) is 64.1 cm³/mol. The largest absolute Gasteiger partial charge is 0.479 e. The first-order valence-corrected chi connectivity index (χ1v) is 5.40. The summed E-state index contributed by atoms with van der Waals surface area (Å²) in [7, 11) is 0. The summed E-state index contributed by atoms with van der Waals surface area (Å²) in [5.74, 6) is -3.77. The monoisotopic (exact) mass is 319 g/mol. The highest BCUT2D eigenvalue weighted by Gasteiger charge is 2.53. The first-order valence-electron chi connectivity index (χ1n) is 4.69. The number of carboxylic acid groups (broad SMARTS) is 2. The molecule has 98 valence electrons. The van der Waals surface area contributed by atoms with Crippen molar-refractivity contribution >= 4 is 33.8 Å². The maximum Gasteiger partial charge on any atom is 0.361 e. The number of para-hydroxylation sites is 1. The van der Waals surface area contributed by atoms with Crippen LogP contribution >= 0.6 is 16.1 Å². The molecule has 0 aliphatic heterocycles. The number of hydrogen-bond acceptors (Lipinski definition) is 5. The Hall–Kier alpha value is -1.64. The minimum absolute atomic E-state index is 0.169. The van der Waals surface area contributed by atoms with E-state index in [9.17, 15) is 19.8 Å². The van der Waals surface area contributed by atoms with Gasteiger partial charge < -0.3 is 20.4 Å². The molecule has 0 fully saturated rings. The van der Waals surface area contributed by atoms with Crippen LogP contribution < -0.4 is 3.93 Å². The summed E-state index contributed by atoms with van der Waals surface area (Å²) in [4.78, 5) is 21.7. The molecule has 0 aliphatic carbocycles. The number of aliphatic hydroxyl groups excluding tert-OH is 1. The van der Waals surface area contributed by atoms with Gasteiger partial charge in [-0.2, -0.15) is 0 Å². The van der Waals surface area contributed by atoms with Crippen LogP contribution in [0.4, 0.5) is 5.69 Å². The third kappa shape index (κ3) is 2.45. The van der Waals surface area contributed by atoms with E-state index in [1.54, 1.807) is 18.2 Å². The number of hydrogen-bond donors (Lipinski definition) is 4. The molecule has 0 bridgehead atoms. The molecule has 2 unspecified atom stereocenters. The number of rotatable bonds is 5. The molecule has 0 heterocycles. The van der Waals surface area contributed by atoms with Crippen LogP contribution in [0.25, 0.3) is 0 Å². The van der Waals surface area contributed by atoms with Crippen molar-refractivity contribution in [2.75, 3.05) is 3.93 Å². The van der Waals surface area contributed by atoms with Gasteiger partial charge in [-0.3, -0.25) is 3.93 Å². The quantitative estimate of drug-likeness (QED) is 0.446. The zero-order chi connectivity index (χ0) is 13.9. The van der Waals surface area contributed by atoms with E-state index in [4.69, 9.17) is 10.2 Å². The van der Waals surface area contributed by atoms with Crippen LogP contribution in [0.2, 0.25) is 0 Å². The van der Waals surface area contributed by atoms with Crippen LogP contribution in [0.3, 0.4) is 0 Å². The smallest absolute Gasteiger partial charge is 0.361 e. The average Bonchev–Trinajstić information content (AvgIpc) is 2.36. The van der Waals surface area contributed by atoms with Crippen molar-refractivity contribution in [2.45, 2.75) is 11.8 Å². The van der Waals surface area contributed by atoms with E-state index in [1.165, 1.54) is 12.1 Å². The van der Waals surface area contributed by atoms with Crippen LogP contribution in [0.1, 0.15) is 0 Å². The fraction of sp³-hybridized carbons (Fsp3) is 0.200. The van der Waals surface area contributed by atoms with Gasteiger partial charge in [0.2, 0.25) is 6.10 Å². The molecule has 0 aromatic heterocycles. The summed E-state index contributed by atoms with van der Waals surface area (Å²) in [5, 5.41) is 36.8. The van der Waals surface area contributed by atoms with Gasteiger partial charge in [0.05, 0.1) is 21.8 Å². The minimum atomic E-state index is -3.03. The second kappa shape index (κ2) is 5.34. The van der Waals surface area contributed by atoms with E-state index in [0.29, 0.717) is 3.93 Å². The summed E-state index contributed by atoms with van der Waals surface area (Å²) >= 11 is 2.76. The van der Waals surface area contributed by atoms with Crippen LogP contribution in [0.15, 0.2) is 30.3 Å². The van der Waals surface area contributed by atoms with Gasteiger partial charge in [0.1, 0.15) is 0 Å². The van der Waals surface area contributed by atoms with Gasteiger partial charge in [0.15, 0.2) is 0 Å². The Labute approximate surface area is 110 Å². The molecular formula is C10H10BrNO6. The fourth-order valence-corrected chi connectivity index (χ4v) is 1.82. The number of benzene rings is 1. The Bertz CT molecular complexity index is 453. The molecular weight excluding hydrogens is 310 g/mol. The molecule has 8 heteroatoms. The van der Waals surface area contributed by atoms with Gasteiger partial charge in [-0.05, 0) is 12.1 Å². The molecule has 1 aromatic carbocycles. The zero-order valence-electron chi connectivity index (χ0n) is 8.89. The molecule has 0 aliphatic rings.